The topological polar surface area (TPSA) is 143 Å². The fourth-order valence-electron chi connectivity index (χ4n) is 6.15. The molecule has 1 unspecified atom stereocenters. The molecule has 3 N–H and O–H groups in total. The summed E-state index contributed by atoms with van der Waals surface area (Å²) in [6.07, 6.45) is 6.12. The van der Waals surface area contributed by atoms with Gasteiger partial charge in [0, 0.05) is 80.4 Å². The highest BCUT2D eigenvalue weighted by Crippen LogP contribution is 2.42. The molecular formula is C35H38Cl2N8O4. The molecule has 2 fully saturated rings. The van der Waals surface area contributed by atoms with Crippen molar-refractivity contribution < 1.29 is 19.1 Å². The Morgan fingerprint density at radius 1 is 0.796 bits per heavy atom. The second kappa shape index (κ2) is 15.5. The number of carbonyl (C=O) groups is 2. The van der Waals surface area contributed by atoms with Gasteiger partial charge in [-0.05, 0) is 12.8 Å². The molecule has 2 aliphatic rings. The minimum atomic E-state index is 0.0802. The first kappa shape index (κ1) is 34.5. The van der Waals surface area contributed by atoms with Crippen molar-refractivity contribution in [2.24, 2.45) is 0 Å². The number of halogens is 2. The van der Waals surface area contributed by atoms with Crippen molar-refractivity contribution in [3.05, 3.63) is 70.2 Å². The average molecular weight is 706 g/mol. The molecule has 0 radical (unpaired) electrons. The van der Waals surface area contributed by atoms with Gasteiger partial charge in [0.15, 0.2) is 0 Å². The Hall–Kier alpha value is -4.36. The van der Waals surface area contributed by atoms with Gasteiger partial charge in [0.25, 0.3) is 0 Å². The first-order valence-corrected chi connectivity index (χ1v) is 16.9. The van der Waals surface area contributed by atoms with E-state index in [4.69, 9.17) is 42.6 Å². The summed E-state index contributed by atoms with van der Waals surface area (Å²) >= 11 is 14.1. The second-order valence-corrected chi connectivity index (χ2v) is 12.8. The predicted octanol–water partition coefficient (Wildman–Crippen LogP) is 4.67. The molecule has 2 aromatic carbocycles. The largest absolute Gasteiger partial charge is 0.480 e. The summed E-state index contributed by atoms with van der Waals surface area (Å²) in [4.78, 5) is 43.8. The van der Waals surface area contributed by atoms with Gasteiger partial charge in [-0.15, -0.1) is 0 Å². The van der Waals surface area contributed by atoms with Gasteiger partial charge < -0.3 is 30.3 Å². The Balaban J connectivity index is 1.20. The molecule has 49 heavy (non-hydrogen) atoms. The molecule has 256 valence electrons. The molecule has 0 spiro atoms. The number of carbonyl (C=O) groups excluding carboxylic acids is 2. The molecular weight excluding hydrogens is 667 g/mol. The number of benzene rings is 2. The van der Waals surface area contributed by atoms with Gasteiger partial charge >= 0.3 is 0 Å². The van der Waals surface area contributed by atoms with E-state index in [0.29, 0.717) is 106 Å². The number of likely N-dealkylation sites (tertiary alicyclic amines) is 1. The number of nitrogens with zero attached hydrogens (tertiary/aromatic N) is 5. The number of amides is 2. The van der Waals surface area contributed by atoms with Gasteiger partial charge in [0.05, 0.1) is 48.0 Å². The maximum Gasteiger partial charge on any atom is 0.237 e. The van der Waals surface area contributed by atoms with Crippen LogP contribution < -0.4 is 25.4 Å². The molecule has 4 aromatic rings. The molecule has 14 heteroatoms. The molecule has 0 aliphatic carbocycles. The molecule has 4 heterocycles. The van der Waals surface area contributed by atoms with E-state index in [1.165, 1.54) is 0 Å². The van der Waals surface area contributed by atoms with Crippen molar-refractivity contribution >= 4 is 35.0 Å². The molecule has 2 amide bonds. The van der Waals surface area contributed by atoms with Crippen LogP contribution in [0.4, 0.5) is 0 Å². The highest BCUT2D eigenvalue weighted by atomic mass is 35.5. The maximum atomic E-state index is 11.9. The third-order valence-corrected chi connectivity index (χ3v) is 9.74. The van der Waals surface area contributed by atoms with Crippen molar-refractivity contribution in [3.8, 4) is 45.4 Å². The zero-order valence-corrected chi connectivity index (χ0v) is 29.1. The molecule has 6 rings (SSSR count). The molecule has 2 aromatic heterocycles. The van der Waals surface area contributed by atoms with E-state index in [2.05, 4.69) is 25.9 Å². The van der Waals surface area contributed by atoms with E-state index in [9.17, 15) is 9.59 Å². The van der Waals surface area contributed by atoms with E-state index < -0.39 is 0 Å². The summed E-state index contributed by atoms with van der Waals surface area (Å²) < 4.78 is 11.2. The van der Waals surface area contributed by atoms with Gasteiger partial charge in [0.1, 0.15) is 11.4 Å². The van der Waals surface area contributed by atoms with Crippen molar-refractivity contribution in [3.63, 3.8) is 0 Å². The van der Waals surface area contributed by atoms with Crippen LogP contribution >= 0.6 is 23.2 Å². The lowest BCUT2D eigenvalue weighted by Gasteiger charge is -2.20. The number of hydrogen-bond acceptors (Lipinski definition) is 10. The van der Waals surface area contributed by atoms with Crippen LogP contribution in [0.3, 0.4) is 0 Å². The predicted molar refractivity (Wildman–Crippen MR) is 187 cm³/mol. The minimum absolute atomic E-state index is 0.0802. The van der Waals surface area contributed by atoms with E-state index in [0.717, 1.165) is 12.8 Å². The number of nitrogens with one attached hydrogen (secondary N) is 3. The zero-order chi connectivity index (χ0) is 34.5. The zero-order valence-electron chi connectivity index (χ0n) is 27.6. The Morgan fingerprint density at radius 2 is 1.33 bits per heavy atom. The Labute approximate surface area is 295 Å². The summed E-state index contributed by atoms with van der Waals surface area (Å²) in [5, 5.41) is 10.6. The Bertz CT molecular complexity index is 1860. The van der Waals surface area contributed by atoms with Crippen molar-refractivity contribution in [1.82, 2.24) is 40.8 Å². The fraction of sp³-hybridized carbons (Fsp3) is 0.371. The van der Waals surface area contributed by atoms with Gasteiger partial charge in [0.2, 0.25) is 23.6 Å². The third kappa shape index (κ3) is 7.62. The van der Waals surface area contributed by atoms with Crippen molar-refractivity contribution in [2.75, 3.05) is 34.4 Å². The van der Waals surface area contributed by atoms with Crippen LogP contribution in [0.2, 0.25) is 10.0 Å². The summed E-state index contributed by atoms with van der Waals surface area (Å²) in [6, 6.07) is 11.6. The number of rotatable bonds is 13. The smallest absolute Gasteiger partial charge is 0.237 e. The average Bonchev–Trinajstić information content (AvgIpc) is 3.68. The van der Waals surface area contributed by atoms with Crippen LogP contribution in [0.25, 0.3) is 33.6 Å². The summed E-state index contributed by atoms with van der Waals surface area (Å²) in [5.41, 5.74) is 5.18. The third-order valence-electron chi connectivity index (χ3n) is 8.92. The number of aromatic nitrogens is 4. The summed E-state index contributed by atoms with van der Waals surface area (Å²) in [5.74, 6) is 1.02. The number of methoxy groups -OCH3 is 2. The lowest BCUT2D eigenvalue weighted by atomic mass is 9.98. The molecule has 0 saturated carbocycles. The Morgan fingerprint density at radius 3 is 1.80 bits per heavy atom. The SMILES string of the molecule is COc1nc(-c2cccc(-c3cccc(-c4cnc(CNC[C@@H]5CCC(=O)N5C)c(OC)n4)c3Cl)c2Cl)cnc1CNCC1CCC(=O)N1. The van der Waals surface area contributed by atoms with Crippen LogP contribution in [0.1, 0.15) is 37.1 Å². The lowest BCUT2D eigenvalue weighted by Crippen LogP contribution is -2.37. The molecule has 2 aliphatic heterocycles. The maximum absolute atomic E-state index is 11.9. The van der Waals surface area contributed by atoms with Crippen LogP contribution in [-0.4, -0.2) is 83.1 Å². The van der Waals surface area contributed by atoms with E-state index >= 15 is 0 Å². The van der Waals surface area contributed by atoms with Gasteiger partial charge in [-0.2, -0.15) is 0 Å². The fourth-order valence-corrected chi connectivity index (χ4v) is 6.80. The highest BCUT2D eigenvalue weighted by molar-refractivity contribution is 6.39. The summed E-state index contributed by atoms with van der Waals surface area (Å²) in [6.45, 7) is 2.17. The highest BCUT2D eigenvalue weighted by Gasteiger charge is 2.27. The first-order valence-electron chi connectivity index (χ1n) is 16.1. The van der Waals surface area contributed by atoms with Crippen LogP contribution in [-0.2, 0) is 22.7 Å². The van der Waals surface area contributed by atoms with Crippen molar-refractivity contribution in [2.45, 2.75) is 50.9 Å². The molecule has 0 bridgehead atoms. The molecule has 2 atom stereocenters. The van der Waals surface area contributed by atoms with Gasteiger partial charge in [-0.25, -0.2) is 9.97 Å². The van der Waals surface area contributed by atoms with E-state index in [1.54, 1.807) is 31.5 Å². The van der Waals surface area contributed by atoms with E-state index in [1.807, 2.05) is 43.4 Å². The molecule has 12 nitrogen and oxygen atoms in total. The first-order chi connectivity index (χ1) is 23.8. The summed E-state index contributed by atoms with van der Waals surface area (Å²) in [7, 11) is 4.95. The number of likely N-dealkylation sites (N-methyl/N-ethyl adjacent to an activating group) is 1. The normalized spacial score (nSPS) is 17.4. The van der Waals surface area contributed by atoms with Crippen LogP contribution in [0, 0.1) is 0 Å². The quantitative estimate of drug-likeness (QED) is 0.180. The number of ether oxygens (including phenoxy) is 2. The standard InChI is InChI=1S/C35H38Cl2N8O4/c1-45-21(11-13-31(45)47)15-39-17-29-35(49-3)44-27(19-41-29)25-9-5-7-23(33(25)37)22-6-4-8-24(32(22)36)26-18-40-28(34(43-26)48-2)16-38-14-20-10-12-30(46)42-20/h4-9,18-21,38-39H,10-17H2,1-3H3,(H,42,46)/t20?,21-/m0/s1. The van der Waals surface area contributed by atoms with Crippen LogP contribution in [0.5, 0.6) is 11.8 Å². The van der Waals surface area contributed by atoms with Crippen LogP contribution in [0.15, 0.2) is 48.8 Å². The van der Waals surface area contributed by atoms with E-state index in [-0.39, 0.29) is 23.9 Å². The molecule has 2 saturated heterocycles. The number of hydrogen-bond donors (Lipinski definition) is 3. The lowest BCUT2D eigenvalue weighted by molar-refractivity contribution is -0.127. The minimum Gasteiger partial charge on any atom is -0.480 e. The van der Waals surface area contributed by atoms with Gasteiger partial charge in [-0.1, -0.05) is 59.6 Å². The van der Waals surface area contributed by atoms with Crippen molar-refractivity contribution in [1.29, 1.82) is 0 Å². The second-order valence-electron chi connectivity index (χ2n) is 12.0. The van der Waals surface area contributed by atoms with Gasteiger partial charge in [-0.3, -0.25) is 19.6 Å². The monoisotopic (exact) mass is 704 g/mol. The Kier molecular flexibility index (Phi) is 10.9.